The Morgan fingerprint density at radius 1 is 1.32 bits per heavy atom. The topological polar surface area (TPSA) is 60.9 Å². The fraction of sp³-hybridized carbons (Fsp3) is 0.385. The second kappa shape index (κ2) is 6.72. The number of carboxylic acid groups (broad SMARTS) is 1. The van der Waals surface area contributed by atoms with E-state index in [1.807, 2.05) is 6.92 Å². The van der Waals surface area contributed by atoms with Gasteiger partial charge in [-0.25, -0.2) is 9.18 Å². The maximum absolute atomic E-state index is 13.6. The molecule has 0 aliphatic heterocycles. The molecule has 6 heteroatoms. The molecule has 0 aliphatic rings. The number of anilines is 1. The molecule has 0 aliphatic carbocycles. The normalized spacial score (nSPS) is 10.1. The lowest BCUT2D eigenvalue weighted by Gasteiger charge is -2.26. The summed E-state index contributed by atoms with van der Waals surface area (Å²) >= 11 is 0. The second-order valence-corrected chi connectivity index (χ2v) is 4.11. The number of aliphatic carboxylic acids is 1. The Labute approximate surface area is 111 Å². The number of hydrogen-bond acceptors (Lipinski definition) is 2. The molecule has 2 amide bonds. The highest BCUT2D eigenvalue weighted by atomic mass is 19.1. The lowest BCUT2D eigenvalue weighted by atomic mass is 10.3. The Morgan fingerprint density at radius 2 is 1.95 bits per heavy atom. The van der Waals surface area contributed by atoms with Crippen molar-refractivity contribution in [2.45, 2.75) is 13.3 Å². The lowest BCUT2D eigenvalue weighted by Crippen LogP contribution is -2.44. The summed E-state index contributed by atoms with van der Waals surface area (Å²) in [5.41, 5.74) is 0.124. The Bertz CT molecular complexity index is 465. The van der Waals surface area contributed by atoms with Gasteiger partial charge in [-0.05, 0) is 18.6 Å². The van der Waals surface area contributed by atoms with Crippen LogP contribution in [0.4, 0.5) is 14.9 Å². The smallest absolute Gasteiger partial charge is 0.324 e. The molecule has 0 aromatic heterocycles. The number of nitrogens with zero attached hydrogens (tertiary/aromatic N) is 2. The fourth-order valence-electron chi connectivity index (χ4n) is 1.71. The SMILES string of the molecule is CCCN(CC(=O)O)C(=O)N(C)c1ccccc1F. The maximum atomic E-state index is 13.6. The average Bonchev–Trinajstić information content (AvgIpc) is 2.36. The van der Waals surface area contributed by atoms with Crippen LogP contribution in [0.25, 0.3) is 0 Å². The number of rotatable bonds is 5. The predicted octanol–water partition coefficient (Wildman–Crippen LogP) is 2.18. The van der Waals surface area contributed by atoms with Crippen molar-refractivity contribution in [3.8, 4) is 0 Å². The van der Waals surface area contributed by atoms with Gasteiger partial charge in [0.1, 0.15) is 12.4 Å². The highest BCUT2D eigenvalue weighted by molar-refractivity contribution is 5.93. The van der Waals surface area contributed by atoms with E-state index >= 15 is 0 Å². The van der Waals surface area contributed by atoms with Gasteiger partial charge in [0.2, 0.25) is 0 Å². The molecule has 0 saturated carbocycles. The zero-order chi connectivity index (χ0) is 14.4. The summed E-state index contributed by atoms with van der Waals surface area (Å²) in [6, 6.07) is 5.33. The minimum atomic E-state index is -1.09. The van der Waals surface area contributed by atoms with Crippen LogP contribution in [0.2, 0.25) is 0 Å². The van der Waals surface area contributed by atoms with Crippen molar-refractivity contribution < 1.29 is 19.1 Å². The molecule has 0 atom stereocenters. The molecular weight excluding hydrogens is 251 g/mol. The van der Waals surface area contributed by atoms with Gasteiger partial charge in [-0.1, -0.05) is 19.1 Å². The van der Waals surface area contributed by atoms with Crippen LogP contribution < -0.4 is 4.90 Å². The van der Waals surface area contributed by atoms with Gasteiger partial charge < -0.3 is 10.0 Å². The van der Waals surface area contributed by atoms with Crippen LogP contribution in [0.15, 0.2) is 24.3 Å². The van der Waals surface area contributed by atoms with Crippen LogP contribution in [0, 0.1) is 5.82 Å². The molecule has 0 spiro atoms. The number of para-hydroxylation sites is 1. The minimum Gasteiger partial charge on any atom is -0.480 e. The third kappa shape index (κ3) is 3.94. The standard InChI is InChI=1S/C13H17FN2O3/c1-3-8-16(9-12(17)18)13(19)15(2)11-7-5-4-6-10(11)14/h4-7H,3,8-9H2,1-2H3,(H,17,18). The van der Waals surface area contributed by atoms with E-state index in [0.717, 1.165) is 4.90 Å². The third-order valence-electron chi connectivity index (χ3n) is 2.59. The molecule has 104 valence electrons. The number of carbonyl (C=O) groups excluding carboxylic acids is 1. The summed E-state index contributed by atoms with van der Waals surface area (Å²) in [7, 11) is 1.42. The average molecular weight is 268 g/mol. The second-order valence-electron chi connectivity index (χ2n) is 4.11. The summed E-state index contributed by atoms with van der Waals surface area (Å²) in [6.07, 6.45) is 0.629. The van der Waals surface area contributed by atoms with E-state index in [1.54, 1.807) is 6.07 Å². The van der Waals surface area contributed by atoms with Crippen LogP contribution >= 0.6 is 0 Å². The van der Waals surface area contributed by atoms with Gasteiger partial charge in [0, 0.05) is 13.6 Å². The highest BCUT2D eigenvalue weighted by Gasteiger charge is 2.22. The molecule has 0 radical (unpaired) electrons. The summed E-state index contributed by atoms with van der Waals surface area (Å²) < 4.78 is 13.6. The summed E-state index contributed by atoms with van der Waals surface area (Å²) in [6.45, 7) is 1.75. The third-order valence-corrected chi connectivity index (χ3v) is 2.59. The number of halogens is 1. The number of hydrogen-bond donors (Lipinski definition) is 1. The van der Waals surface area contributed by atoms with Gasteiger partial charge in [0.25, 0.3) is 0 Å². The quantitative estimate of drug-likeness (QED) is 0.890. The van der Waals surface area contributed by atoms with Crippen LogP contribution in [0.5, 0.6) is 0 Å². The van der Waals surface area contributed by atoms with Crippen molar-refractivity contribution >= 4 is 17.7 Å². The number of amides is 2. The zero-order valence-electron chi connectivity index (χ0n) is 11.0. The summed E-state index contributed by atoms with van der Waals surface area (Å²) in [4.78, 5) is 25.2. The van der Waals surface area contributed by atoms with Crippen LogP contribution in [0.1, 0.15) is 13.3 Å². The molecule has 0 heterocycles. The molecule has 1 aromatic rings. The van der Waals surface area contributed by atoms with Crippen molar-refractivity contribution in [2.24, 2.45) is 0 Å². The van der Waals surface area contributed by atoms with E-state index in [4.69, 9.17) is 5.11 Å². The number of benzene rings is 1. The van der Waals surface area contributed by atoms with E-state index in [9.17, 15) is 14.0 Å². The van der Waals surface area contributed by atoms with Gasteiger partial charge in [-0.3, -0.25) is 9.69 Å². The molecule has 1 aromatic carbocycles. The van der Waals surface area contributed by atoms with Crippen molar-refractivity contribution in [3.05, 3.63) is 30.1 Å². The van der Waals surface area contributed by atoms with E-state index in [2.05, 4.69) is 0 Å². The summed E-state index contributed by atoms with van der Waals surface area (Å²) in [5.74, 6) is -1.62. The van der Waals surface area contributed by atoms with Crippen molar-refractivity contribution in [1.82, 2.24) is 4.90 Å². The first-order valence-corrected chi connectivity index (χ1v) is 5.96. The maximum Gasteiger partial charge on any atom is 0.324 e. The molecule has 0 fully saturated rings. The minimum absolute atomic E-state index is 0.124. The molecule has 1 rings (SSSR count). The van der Waals surface area contributed by atoms with Crippen molar-refractivity contribution in [1.29, 1.82) is 0 Å². The Morgan fingerprint density at radius 3 is 2.47 bits per heavy atom. The monoisotopic (exact) mass is 268 g/mol. The van der Waals surface area contributed by atoms with Gasteiger partial charge in [-0.15, -0.1) is 0 Å². The van der Waals surface area contributed by atoms with E-state index in [0.29, 0.717) is 13.0 Å². The summed E-state index contributed by atoms with van der Waals surface area (Å²) in [5, 5.41) is 8.78. The van der Waals surface area contributed by atoms with Crippen molar-refractivity contribution in [2.75, 3.05) is 25.0 Å². The van der Waals surface area contributed by atoms with Crippen LogP contribution in [-0.2, 0) is 4.79 Å². The van der Waals surface area contributed by atoms with E-state index in [-0.39, 0.29) is 5.69 Å². The Hall–Kier alpha value is -2.11. The van der Waals surface area contributed by atoms with Gasteiger partial charge in [0.15, 0.2) is 0 Å². The Balaban J connectivity index is 2.90. The fourth-order valence-corrected chi connectivity index (χ4v) is 1.71. The molecule has 0 bridgehead atoms. The first-order valence-electron chi connectivity index (χ1n) is 5.96. The molecule has 19 heavy (non-hydrogen) atoms. The first-order chi connectivity index (χ1) is 8.97. The molecule has 1 N–H and O–H groups in total. The van der Waals surface area contributed by atoms with Gasteiger partial charge in [0.05, 0.1) is 5.69 Å². The van der Waals surface area contributed by atoms with Crippen LogP contribution in [0.3, 0.4) is 0 Å². The van der Waals surface area contributed by atoms with Gasteiger partial charge in [-0.2, -0.15) is 0 Å². The number of urea groups is 1. The zero-order valence-corrected chi connectivity index (χ0v) is 11.0. The highest BCUT2D eigenvalue weighted by Crippen LogP contribution is 2.18. The molecule has 0 unspecified atom stereocenters. The molecular formula is C13H17FN2O3. The van der Waals surface area contributed by atoms with E-state index < -0.39 is 24.4 Å². The van der Waals surface area contributed by atoms with Crippen molar-refractivity contribution in [3.63, 3.8) is 0 Å². The van der Waals surface area contributed by atoms with Gasteiger partial charge >= 0.3 is 12.0 Å². The van der Waals surface area contributed by atoms with E-state index in [1.165, 1.54) is 30.1 Å². The number of carbonyl (C=O) groups is 2. The largest absolute Gasteiger partial charge is 0.480 e. The van der Waals surface area contributed by atoms with Crippen LogP contribution in [-0.4, -0.2) is 42.1 Å². The molecule has 5 nitrogen and oxygen atoms in total. The number of carboxylic acids is 1. The Kier molecular flexibility index (Phi) is 5.29. The molecule has 0 saturated heterocycles. The lowest BCUT2D eigenvalue weighted by molar-refractivity contribution is -0.137. The first kappa shape index (κ1) is 14.9. The predicted molar refractivity (Wildman–Crippen MR) is 69.7 cm³/mol.